The van der Waals surface area contributed by atoms with Crippen LogP contribution in [0.15, 0.2) is 24.3 Å². The molecular weight excluding hydrogens is 190 g/mol. The quantitative estimate of drug-likeness (QED) is 0.686. The third-order valence-electron chi connectivity index (χ3n) is 3.38. The van der Waals surface area contributed by atoms with Crippen molar-refractivity contribution in [3.8, 4) is 0 Å². The van der Waals surface area contributed by atoms with Crippen LogP contribution in [0.2, 0.25) is 0 Å². The number of piperidine rings is 1. The molecule has 3 heteroatoms. The number of aliphatic hydroxyl groups excluding tert-OH is 1. The number of hydrogen-bond acceptors (Lipinski definition) is 2. The molecule has 1 aromatic rings. The van der Waals surface area contributed by atoms with E-state index in [0.29, 0.717) is 12.8 Å². The maximum absolute atomic E-state index is 11.8. The number of aliphatic hydroxyl groups is 1. The molecule has 78 valence electrons. The van der Waals surface area contributed by atoms with E-state index in [9.17, 15) is 9.90 Å². The van der Waals surface area contributed by atoms with Gasteiger partial charge in [-0.2, -0.15) is 0 Å². The second-order valence-corrected chi connectivity index (χ2v) is 4.27. The van der Waals surface area contributed by atoms with E-state index in [1.54, 1.807) is 4.90 Å². The summed E-state index contributed by atoms with van der Waals surface area (Å²) in [5, 5.41) is 9.88. The van der Waals surface area contributed by atoms with Crippen molar-refractivity contribution >= 4 is 11.6 Å². The summed E-state index contributed by atoms with van der Waals surface area (Å²) in [6.45, 7) is 0. The number of nitrogens with zero attached hydrogens (tertiary/aromatic N) is 1. The zero-order chi connectivity index (χ0) is 10.4. The number of amides is 1. The lowest BCUT2D eigenvalue weighted by atomic mass is 9.98. The fraction of sp³-hybridized carbons (Fsp3) is 0.417. The second-order valence-electron chi connectivity index (χ2n) is 4.27. The maximum atomic E-state index is 11.8. The lowest BCUT2D eigenvalue weighted by Gasteiger charge is -2.33. The van der Waals surface area contributed by atoms with Crippen LogP contribution in [0.1, 0.15) is 18.4 Å². The Morgan fingerprint density at radius 1 is 1.33 bits per heavy atom. The van der Waals surface area contributed by atoms with E-state index in [1.165, 1.54) is 5.56 Å². The van der Waals surface area contributed by atoms with E-state index in [2.05, 4.69) is 0 Å². The highest BCUT2D eigenvalue weighted by Gasteiger charge is 2.40. The fourth-order valence-corrected chi connectivity index (χ4v) is 2.63. The Morgan fingerprint density at radius 2 is 2.13 bits per heavy atom. The van der Waals surface area contributed by atoms with Gasteiger partial charge in [0.15, 0.2) is 0 Å². The van der Waals surface area contributed by atoms with Crippen LogP contribution in [0, 0.1) is 0 Å². The molecule has 15 heavy (non-hydrogen) atoms. The predicted octanol–water partition coefficient (Wildman–Crippen LogP) is 1.10. The Labute approximate surface area is 88.3 Å². The van der Waals surface area contributed by atoms with Crippen LogP contribution in [0.5, 0.6) is 0 Å². The van der Waals surface area contributed by atoms with Crippen LogP contribution in [0.3, 0.4) is 0 Å². The largest absolute Gasteiger partial charge is 0.391 e. The van der Waals surface area contributed by atoms with Crippen molar-refractivity contribution in [1.29, 1.82) is 0 Å². The van der Waals surface area contributed by atoms with Gasteiger partial charge in [-0.3, -0.25) is 4.79 Å². The van der Waals surface area contributed by atoms with E-state index in [1.807, 2.05) is 24.3 Å². The SMILES string of the molecule is O=C1CC[C@H](O)[C@@H]2Cc3ccccc3N12. The summed E-state index contributed by atoms with van der Waals surface area (Å²) in [6, 6.07) is 7.89. The third kappa shape index (κ3) is 1.20. The Bertz CT molecular complexity index is 416. The van der Waals surface area contributed by atoms with Gasteiger partial charge in [-0.05, 0) is 24.5 Å². The number of carbonyl (C=O) groups excluding carboxylic acids is 1. The summed E-state index contributed by atoms with van der Waals surface area (Å²) in [4.78, 5) is 13.6. The van der Waals surface area contributed by atoms with Gasteiger partial charge in [-0.15, -0.1) is 0 Å². The van der Waals surface area contributed by atoms with Crippen LogP contribution >= 0.6 is 0 Å². The smallest absolute Gasteiger partial charge is 0.227 e. The fourth-order valence-electron chi connectivity index (χ4n) is 2.63. The first-order valence-electron chi connectivity index (χ1n) is 5.35. The van der Waals surface area contributed by atoms with Gasteiger partial charge in [0.2, 0.25) is 5.91 Å². The van der Waals surface area contributed by atoms with Crippen LogP contribution in [0.25, 0.3) is 0 Å². The minimum atomic E-state index is -0.366. The van der Waals surface area contributed by atoms with Crippen LogP contribution < -0.4 is 4.90 Å². The molecule has 0 bridgehead atoms. The van der Waals surface area contributed by atoms with E-state index in [4.69, 9.17) is 0 Å². The minimum Gasteiger partial charge on any atom is -0.391 e. The first kappa shape index (κ1) is 8.92. The number of para-hydroxylation sites is 1. The Morgan fingerprint density at radius 3 is 3.00 bits per heavy atom. The maximum Gasteiger partial charge on any atom is 0.227 e. The monoisotopic (exact) mass is 203 g/mol. The summed E-state index contributed by atoms with van der Waals surface area (Å²) >= 11 is 0. The normalized spacial score (nSPS) is 28.9. The Balaban J connectivity index is 2.07. The summed E-state index contributed by atoms with van der Waals surface area (Å²) in [5.41, 5.74) is 2.17. The Kier molecular flexibility index (Phi) is 1.83. The number of benzene rings is 1. The van der Waals surface area contributed by atoms with Crippen molar-refractivity contribution in [3.63, 3.8) is 0 Å². The lowest BCUT2D eigenvalue weighted by Crippen LogP contribution is -2.49. The summed E-state index contributed by atoms with van der Waals surface area (Å²) in [7, 11) is 0. The summed E-state index contributed by atoms with van der Waals surface area (Å²) in [6.07, 6.45) is 1.50. The summed E-state index contributed by atoms with van der Waals surface area (Å²) < 4.78 is 0. The molecule has 0 saturated carbocycles. The van der Waals surface area contributed by atoms with Gasteiger partial charge < -0.3 is 10.0 Å². The summed E-state index contributed by atoms with van der Waals surface area (Å²) in [5.74, 6) is 0.148. The van der Waals surface area contributed by atoms with Crippen LogP contribution in [-0.4, -0.2) is 23.2 Å². The first-order valence-corrected chi connectivity index (χ1v) is 5.35. The number of hydrogen-bond donors (Lipinski definition) is 1. The minimum absolute atomic E-state index is 0.0244. The molecule has 3 nitrogen and oxygen atoms in total. The van der Waals surface area contributed by atoms with E-state index >= 15 is 0 Å². The molecule has 2 aliphatic rings. The average molecular weight is 203 g/mol. The zero-order valence-electron chi connectivity index (χ0n) is 8.39. The molecule has 1 fully saturated rings. The predicted molar refractivity (Wildman–Crippen MR) is 56.7 cm³/mol. The highest BCUT2D eigenvalue weighted by molar-refractivity contribution is 5.97. The number of anilines is 1. The standard InChI is InChI=1S/C12H13NO2/c14-11-5-6-12(15)13-9-4-2-1-3-8(9)7-10(11)13/h1-4,10-11,14H,5-7H2/t10-,11-/m0/s1. The molecule has 1 aromatic carbocycles. The highest BCUT2D eigenvalue weighted by Crippen LogP contribution is 2.37. The van der Waals surface area contributed by atoms with Gasteiger partial charge in [0.25, 0.3) is 0 Å². The number of carbonyl (C=O) groups is 1. The number of fused-ring (bicyclic) bond motifs is 3. The first-order chi connectivity index (χ1) is 7.27. The van der Waals surface area contributed by atoms with E-state index in [-0.39, 0.29) is 18.1 Å². The lowest BCUT2D eigenvalue weighted by molar-refractivity contribution is -0.122. The van der Waals surface area contributed by atoms with Crippen molar-refractivity contribution in [2.24, 2.45) is 0 Å². The molecule has 0 spiro atoms. The van der Waals surface area contributed by atoms with Crippen molar-refractivity contribution < 1.29 is 9.90 Å². The average Bonchev–Trinajstić information content (AvgIpc) is 2.64. The number of rotatable bonds is 0. The van der Waals surface area contributed by atoms with E-state index < -0.39 is 0 Å². The second kappa shape index (κ2) is 3.07. The zero-order valence-corrected chi connectivity index (χ0v) is 8.39. The highest BCUT2D eigenvalue weighted by atomic mass is 16.3. The van der Waals surface area contributed by atoms with E-state index in [0.717, 1.165) is 12.1 Å². The molecule has 0 aliphatic carbocycles. The van der Waals surface area contributed by atoms with Crippen molar-refractivity contribution in [3.05, 3.63) is 29.8 Å². The molecule has 2 aliphatic heterocycles. The molecule has 1 amide bonds. The van der Waals surface area contributed by atoms with Gasteiger partial charge in [-0.25, -0.2) is 0 Å². The van der Waals surface area contributed by atoms with Crippen molar-refractivity contribution in [2.45, 2.75) is 31.4 Å². The molecule has 1 saturated heterocycles. The molecular formula is C12H13NO2. The van der Waals surface area contributed by atoms with Gasteiger partial charge in [-0.1, -0.05) is 18.2 Å². The Hall–Kier alpha value is -1.35. The molecule has 2 atom stereocenters. The molecule has 0 aromatic heterocycles. The molecule has 1 N–H and O–H groups in total. The van der Waals surface area contributed by atoms with Gasteiger partial charge >= 0.3 is 0 Å². The molecule has 3 rings (SSSR count). The third-order valence-corrected chi connectivity index (χ3v) is 3.38. The van der Waals surface area contributed by atoms with Crippen molar-refractivity contribution in [1.82, 2.24) is 0 Å². The van der Waals surface area contributed by atoms with Crippen LogP contribution in [-0.2, 0) is 11.2 Å². The molecule has 0 radical (unpaired) electrons. The van der Waals surface area contributed by atoms with Crippen LogP contribution in [0.4, 0.5) is 5.69 Å². The topological polar surface area (TPSA) is 40.5 Å². The van der Waals surface area contributed by atoms with Gasteiger partial charge in [0.1, 0.15) is 0 Å². The van der Waals surface area contributed by atoms with Gasteiger partial charge in [0.05, 0.1) is 12.1 Å². The molecule has 2 heterocycles. The van der Waals surface area contributed by atoms with Gasteiger partial charge in [0, 0.05) is 12.1 Å². The molecule has 0 unspecified atom stereocenters. The van der Waals surface area contributed by atoms with Crippen molar-refractivity contribution in [2.75, 3.05) is 4.90 Å².